The Balaban J connectivity index is 1.18. The molecule has 33 heavy (non-hydrogen) atoms. The highest BCUT2D eigenvalue weighted by molar-refractivity contribution is 7.99. The van der Waals surface area contributed by atoms with E-state index in [0.29, 0.717) is 43.1 Å². The van der Waals surface area contributed by atoms with Crippen LogP contribution < -0.4 is 10.2 Å². The van der Waals surface area contributed by atoms with Crippen molar-refractivity contribution in [2.75, 3.05) is 42.1 Å². The van der Waals surface area contributed by atoms with Gasteiger partial charge >= 0.3 is 0 Å². The van der Waals surface area contributed by atoms with Gasteiger partial charge in [0.2, 0.25) is 5.91 Å². The summed E-state index contributed by atoms with van der Waals surface area (Å²) in [4.78, 5) is 36.6. The number of nitro groups is 1. The predicted molar refractivity (Wildman–Crippen MR) is 129 cm³/mol. The third kappa shape index (κ3) is 5.00. The van der Waals surface area contributed by atoms with Crippen LogP contribution in [-0.2, 0) is 4.79 Å². The first-order chi connectivity index (χ1) is 16.1. The Morgan fingerprint density at radius 1 is 1.06 bits per heavy atom. The van der Waals surface area contributed by atoms with Crippen molar-refractivity contribution in [2.24, 2.45) is 0 Å². The van der Waals surface area contributed by atoms with Gasteiger partial charge in [0, 0.05) is 55.4 Å². The fraction of sp³-hybridized carbons (Fsp3) is 0.348. The number of rotatable bonds is 7. The van der Waals surface area contributed by atoms with Gasteiger partial charge in [-0.05, 0) is 37.1 Å². The molecule has 3 aromatic rings. The van der Waals surface area contributed by atoms with Gasteiger partial charge in [-0.2, -0.15) is 0 Å². The number of benzene rings is 2. The average molecular weight is 465 g/mol. The summed E-state index contributed by atoms with van der Waals surface area (Å²) in [6, 6.07) is 15.0. The molecular weight excluding hydrogens is 440 g/mol. The minimum absolute atomic E-state index is 0.0665. The lowest BCUT2D eigenvalue weighted by molar-refractivity contribution is -0.384. The summed E-state index contributed by atoms with van der Waals surface area (Å²) in [7, 11) is 0. The highest BCUT2D eigenvalue weighted by Crippen LogP contribution is 2.30. The molecule has 2 fully saturated rings. The monoisotopic (exact) mass is 464 g/mol. The summed E-state index contributed by atoms with van der Waals surface area (Å²) in [5.41, 5.74) is 1.89. The molecule has 0 unspecified atom stereocenters. The molecule has 2 aliphatic rings. The van der Waals surface area contributed by atoms with Crippen molar-refractivity contribution in [2.45, 2.75) is 24.0 Å². The van der Waals surface area contributed by atoms with E-state index >= 15 is 0 Å². The number of para-hydroxylation sites is 1. The summed E-state index contributed by atoms with van der Waals surface area (Å²) in [6.07, 6.45) is 2.32. The van der Waals surface area contributed by atoms with Gasteiger partial charge < -0.3 is 15.1 Å². The Morgan fingerprint density at radius 3 is 2.48 bits per heavy atom. The van der Waals surface area contributed by atoms with Crippen LogP contribution in [0.5, 0.6) is 0 Å². The van der Waals surface area contributed by atoms with Crippen molar-refractivity contribution in [1.82, 2.24) is 14.9 Å². The van der Waals surface area contributed by atoms with E-state index in [9.17, 15) is 14.9 Å². The molecule has 0 bridgehead atoms. The van der Waals surface area contributed by atoms with Crippen LogP contribution in [0.2, 0.25) is 0 Å². The lowest BCUT2D eigenvalue weighted by Crippen LogP contribution is -2.49. The highest BCUT2D eigenvalue weighted by Gasteiger charge is 2.24. The molecule has 0 atom stereocenters. The molecular formula is C23H24N6O3S. The van der Waals surface area contributed by atoms with Crippen LogP contribution in [-0.4, -0.2) is 63.7 Å². The molecule has 10 heteroatoms. The van der Waals surface area contributed by atoms with Gasteiger partial charge in [0.25, 0.3) is 5.69 Å². The lowest BCUT2D eigenvalue weighted by atomic mass is 10.2. The molecule has 170 valence electrons. The number of hydrogen-bond donors (Lipinski definition) is 1. The largest absolute Gasteiger partial charge is 0.368 e. The first-order valence-corrected chi connectivity index (χ1v) is 12.0. The van der Waals surface area contributed by atoms with E-state index in [1.807, 2.05) is 29.2 Å². The molecule has 1 N–H and O–H groups in total. The molecule has 1 saturated carbocycles. The fourth-order valence-electron chi connectivity index (χ4n) is 3.87. The Bertz CT molecular complexity index is 1180. The molecule has 5 rings (SSSR count). The number of hydrogen-bond acceptors (Lipinski definition) is 8. The predicted octanol–water partition coefficient (Wildman–Crippen LogP) is 3.55. The van der Waals surface area contributed by atoms with Crippen LogP contribution >= 0.6 is 11.8 Å². The lowest BCUT2D eigenvalue weighted by Gasteiger charge is -2.36. The summed E-state index contributed by atoms with van der Waals surface area (Å²) in [5.74, 6) is 1.20. The molecule has 9 nitrogen and oxygen atoms in total. The van der Waals surface area contributed by atoms with Crippen LogP contribution in [0, 0.1) is 10.1 Å². The Hall–Kier alpha value is -3.40. The Morgan fingerprint density at radius 2 is 1.79 bits per heavy atom. The maximum Gasteiger partial charge on any atom is 0.269 e. The van der Waals surface area contributed by atoms with Gasteiger partial charge in [0.15, 0.2) is 5.16 Å². The van der Waals surface area contributed by atoms with Crippen molar-refractivity contribution >= 4 is 45.8 Å². The number of carbonyl (C=O) groups excluding carboxylic acids is 1. The second kappa shape index (κ2) is 9.22. The number of nitro benzene ring substituents is 1. The maximum atomic E-state index is 12.8. The van der Waals surface area contributed by atoms with E-state index in [-0.39, 0.29) is 11.6 Å². The number of aromatic nitrogens is 2. The molecule has 1 aliphatic carbocycles. The second-order valence-corrected chi connectivity index (χ2v) is 9.16. The number of fused-ring (bicyclic) bond motifs is 1. The zero-order valence-electron chi connectivity index (χ0n) is 18.0. The molecule has 1 aromatic heterocycles. The molecule has 0 spiro atoms. The van der Waals surface area contributed by atoms with Crippen LogP contribution in [0.25, 0.3) is 10.9 Å². The van der Waals surface area contributed by atoms with Crippen molar-refractivity contribution in [3.8, 4) is 0 Å². The molecule has 2 aromatic carbocycles. The van der Waals surface area contributed by atoms with Gasteiger partial charge in [-0.3, -0.25) is 14.9 Å². The quantitative estimate of drug-likeness (QED) is 0.245. The van der Waals surface area contributed by atoms with Crippen LogP contribution in [0.1, 0.15) is 12.8 Å². The third-order valence-electron chi connectivity index (χ3n) is 5.88. The number of nitrogens with one attached hydrogen (secondary N) is 1. The van der Waals surface area contributed by atoms with E-state index in [4.69, 9.17) is 0 Å². The minimum atomic E-state index is -0.401. The smallest absolute Gasteiger partial charge is 0.269 e. The number of piperazine rings is 1. The number of amides is 1. The normalized spacial score (nSPS) is 16.1. The highest BCUT2D eigenvalue weighted by atomic mass is 32.2. The number of carbonyl (C=O) groups is 1. The average Bonchev–Trinajstić information content (AvgIpc) is 3.67. The minimum Gasteiger partial charge on any atom is -0.368 e. The Kier molecular flexibility index (Phi) is 5.99. The molecule has 0 radical (unpaired) electrons. The first-order valence-electron chi connectivity index (χ1n) is 11.0. The molecule has 1 saturated heterocycles. The molecule has 1 aliphatic heterocycles. The van der Waals surface area contributed by atoms with Crippen LogP contribution in [0.15, 0.2) is 53.7 Å². The van der Waals surface area contributed by atoms with E-state index in [0.717, 1.165) is 35.2 Å². The van der Waals surface area contributed by atoms with Crippen molar-refractivity contribution < 1.29 is 9.72 Å². The topological polar surface area (TPSA) is 104 Å². The van der Waals surface area contributed by atoms with Gasteiger partial charge in [-0.15, -0.1) is 0 Å². The van der Waals surface area contributed by atoms with Crippen LogP contribution in [0.3, 0.4) is 0 Å². The van der Waals surface area contributed by atoms with Crippen molar-refractivity contribution in [3.63, 3.8) is 0 Å². The number of non-ortho nitro benzene ring substituents is 1. The van der Waals surface area contributed by atoms with Gasteiger partial charge in [-0.25, -0.2) is 9.97 Å². The molecule has 1 amide bonds. The van der Waals surface area contributed by atoms with Crippen molar-refractivity contribution in [3.05, 3.63) is 58.6 Å². The van der Waals surface area contributed by atoms with Crippen LogP contribution in [0.4, 0.5) is 17.2 Å². The summed E-state index contributed by atoms with van der Waals surface area (Å²) in [5, 5.41) is 15.9. The first kappa shape index (κ1) is 21.4. The zero-order valence-corrected chi connectivity index (χ0v) is 18.8. The molecule has 2 heterocycles. The summed E-state index contributed by atoms with van der Waals surface area (Å²) >= 11 is 1.37. The fourth-order valence-corrected chi connectivity index (χ4v) is 4.62. The maximum absolute atomic E-state index is 12.8. The third-order valence-corrected chi connectivity index (χ3v) is 6.72. The van der Waals surface area contributed by atoms with Gasteiger partial charge in [0.05, 0.1) is 16.2 Å². The standard InChI is InChI=1S/C23H24N6O3S/c30-21(28-13-11-27(12-14-28)17-7-9-18(10-8-17)29(31)32)15-33-23-25-20-4-2-1-3-19(20)22(26-23)24-16-5-6-16/h1-4,7-10,16H,5-6,11-15H2,(H,24,25,26). The second-order valence-electron chi connectivity index (χ2n) is 8.22. The number of thioether (sulfide) groups is 1. The van der Waals surface area contributed by atoms with Crippen molar-refractivity contribution in [1.29, 1.82) is 0 Å². The number of anilines is 2. The van der Waals surface area contributed by atoms with E-state index in [1.165, 1.54) is 23.9 Å². The number of nitrogens with zero attached hydrogens (tertiary/aromatic N) is 5. The zero-order chi connectivity index (χ0) is 22.8. The summed E-state index contributed by atoms with van der Waals surface area (Å²) in [6.45, 7) is 2.61. The van der Waals surface area contributed by atoms with E-state index in [1.54, 1.807) is 12.1 Å². The van der Waals surface area contributed by atoms with Gasteiger partial charge in [0.1, 0.15) is 5.82 Å². The SMILES string of the molecule is O=C(CSc1nc(NC2CC2)c2ccccc2n1)N1CCN(c2ccc([N+](=O)[O-])cc2)CC1. The van der Waals surface area contributed by atoms with Gasteiger partial charge in [-0.1, -0.05) is 23.9 Å². The van der Waals surface area contributed by atoms with E-state index in [2.05, 4.69) is 20.2 Å². The summed E-state index contributed by atoms with van der Waals surface area (Å²) < 4.78 is 0. The van der Waals surface area contributed by atoms with E-state index < -0.39 is 4.92 Å². The Labute approximate surface area is 195 Å².